The van der Waals surface area contributed by atoms with Crippen molar-refractivity contribution >= 4 is 55.5 Å². The van der Waals surface area contributed by atoms with Crippen LogP contribution >= 0.6 is 0 Å². The molecule has 2 heterocycles. The van der Waals surface area contributed by atoms with Gasteiger partial charge in [-0.2, -0.15) is 0 Å². The fourth-order valence-electron chi connectivity index (χ4n) is 5.97. The molecular formula is C37H26N4O. The zero-order valence-electron chi connectivity index (χ0n) is 23.0. The summed E-state index contributed by atoms with van der Waals surface area (Å²) in [6.45, 7) is 2.11. The molecule has 0 N–H and O–H groups in total. The van der Waals surface area contributed by atoms with Gasteiger partial charge in [-0.3, -0.25) is 9.36 Å². The standard InChI is InChI=1S/C37H26N4O/c1-25-17-19-27(20-18-25)39(33-16-8-10-26-9-2-3-11-30(26)33)28-21-23-29(24-22-28)40-34-14-6-7-15-35(34)41-36(42)31-12-4-5-13-32(31)38-37(40)41/h2-24H,1H3. The van der Waals surface area contributed by atoms with E-state index >= 15 is 0 Å². The second-order valence-electron chi connectivity index (χ2n) is 10.6. The summed E-state index contributed by atoms with van der Waals surface area (Å²) in [7, 11) is 0. The summed E-state index contributed by atoms with van der Waals surface area (Å²) in [5.41, 5.74) is 7.76. The number of anilines is 3. The SMILES string of the molecule is Cc1ccc(N(c2ccc(-n3c4ccccc4n4c(=O)c5ccccc5nc34)cc2)c2cccc3ccccc23)cc1. The molecule has 42 heavy (non-hydrogen) atoms. The summed E-state index contributed by atoms with van der Waals surface area (Å²) in [5.74, 6) is 0.595. The van der Waals surface area contributed by atoms with Gasteiger partial charge in [0.2, 0.25) is 5.78 Å². The van der Waals surface area contributed by atoms with E-state index in [0.29, 0.717) is 16.7 Å². The average molecular weight is 543 g/mol. The molecular weight excluding hydrogens is 516 g/mol. The molecule has 0 saturated heterocycles. The summed E-state index contributed by atoms with van der Waals surface area (Å²) < 4.78 is 3.79. The molecule has 0 radical (unpaired) electrons. The Morgan fingerprint density at radius 1 is 0.595 bits per heavy atom. The molecule has 5 nitrogen and oxygen atoms in total. The maximum absolute atomic E-state index is 13.6. The van der Waals surface area contributed by atoms with Gasteiger partial charge in [0.15, 0.2) is 0 Å². The zero-order chi connectivity index (χ0) is 28.2. The molecule has 0 fully saturated rings. The third kappa shape index (κ3) is 3.71. The summed E-state index contributed by atoms with van der Waals surface area (Å²) >= 11 is 0. The van der Waals surface area contributed by atoms with Crippen LogP contribution in [0.25, 0.3) is 44.2 Å². The molecule has 0 spiro atoms. The smallest absolute Gasteiger partial charge is 0.267 e. The van der Waals surface area contributed by atoms with Gasteiger partial charge in [-0.05, 0) is 79.0 Å². The van der Waals surface area contributed by atoms with Crippen LogP contribution < -0.4 is 10.5 Å². The average Bonchev–Trinajstić information content (AvgIpc) is 3.37. The molecule has 200 valence electrons. The van der Waals surface area contributed by atoms with Crippen molar-refractivity contribution in [3.8, 4) is 5.69 Å². The molecule has 0 atom stereocenters. The Morgan fingerprint density at radius 3 is 2.00 bits per heavy atom. The minimum Gasteiger partial charge on any atom is -0.310 e. The lowest BCUT2D eigenvalue weighted by Gasteiger charge is -2.27. The lowest BCUT2D eigenvalue weighted by molar-refractivity contribution is 1.05. The van der Waals surface area contributed by atoms with Gasteiger partial charge in [-0.1, -0.05) is 78.4 Å². The van der Waals surface area contributed by atoms with E-state index in [2.05, 4.69) is 107 Å². The Balaban J connectivity index is 1.34. The van der Waals surface area contributed by atoms with E-state index in [9.17, 15) is 4.79 Å². The van der Waals surface area contributed by atoms with E-state index in [1.54, 1.807) is 4.40 Å². The molecule has 8 aromatic rings. The van der Waals surface area contributed by atoms with E-state index in [-0.39, 0.29) is 5.56 Å². The number of imidazole rings is 1. The van der Waals surface area contributed by atoms with E-state index in [1.165, 1.54) is 16.3 Å². The molecule has 0 aliphatic rings. The number of aryl methyl sites for hydroxylation is 1. The van der Waals surface area contributed by atoms with Crippen molar-refractivity contribution in [2.45, 2.75) is 6.92 Å². The van der Waals surface area contributed by atoms with Crippen LogP contribution in [-0.4, -0.2) is 14.0 Å². The van der Waals surface area contributed by atoms with Gasteiger partial charge in [0.25, 0.3) is 5.56 Å². The Labute approximate surface area is 242 Å². The monoisotopic (exact) mass is 542 g/mol. The van der Waals surface area contributed by atoms with Gasteiger partial charge >= 0.3 is 0 Å². The Hall–Kier alpha value is -5.68. The van der Waals surface area contributed by atoms with Crippen molar-refractivity contribution in [3.05, 3.63) is 155 Å². The van der Waals surface area contributed by atoms with Crippen molar-refractivity contribution in [1.82, 2.24) is 14.0 Å². The highest BCUT2D eigenvalue weighted by Crippen LogP contribution is 2.39. The first kappa shape index (κ1) is 24.1. The summed E-state index contributed by atoms with van der Waals surface area (Å²) in [5, 5.41) is 2.98. The van der Waals surface area contributed by atoms with Gasteiger partial charge < -0.3 is 4.90 Å². The Morgan fingerprint density at radius 2 is 1.21 bits per heavy atom. The number of benzene rings is 6. The molecule has 0 unspecified atom stereocenters. The third-order valence-electron chi connectivity index (χ3n) is 7.99. The molecule has 0 aliphatic carbocycles. The van der Waals surface area contributed by atoms with Gasteiger partial charge in [0, 0.05) is 22.4 Å². The number of para-hydroxylation sites is 3. The second-order valence-corrected chi connectivity index (χ2v) is 10.6. The van der Waals surface area contributed by atoms with Crippen LogP contribution in [0, 0.1) is 6.92 Å². The van der Waals surface area contributed by atoms with Crippen molar-refractivity contribution in [2.24, 2.45) is 0 Å². The Kier molecular flexibility index (Phi) is 5.44. The van der Waals surface area contributed by atoms with Crippen molar-refractivity contribution in [3.63, 3.8) is 0 Å². The van der Waals surface area contributed by atoms with E-state index < -0.39 is 0 Å². The molecule has 6 aromatic carbocycles. The van der Waals surface area contributed by atoms with Gasteiger partial charge in [-0.15, -0.1) is 0 Å². The van der Waals surface area contributed by atoms with Gasteiger partial charge in [0.1, 0.15) is 0 Å². The maximum Gasteiger partial charge on any atom is 0.267 e. The van der Waals surface area contributed by atoms with Gasteiger partial charge in [0.05, 0.1) is 27.6 Å². The largest absolute Gasteiger partial charge is 0.310 e. The summed E-state index contributed by atoms with van der Waals surface area (Å²) in [6, 6.07) is 47.5. The number of aromatic nitrogens is 3. The summed E-state index contributed by atoms with van der Waals surface area (Å²) in [6.07, 6.45) is 0. The van der Waals surface area contributed by atoms with Crippen molar-refractivity contribution in [1.29, 1.82) is 0 Å². The first-order valence-corrected chi connectivity index (χ1v) is 14.0. The van der Waals surface area contributed by atoms with E-state index in [1.807, 2.05) is 48.5 Å². The molecule has 2 aromatic heterocycles. The van der Waals surface area contributed by atoms with Crippen LogP contribution in [0.15, 0.2) is 144 Å². The maximum atomic E-state index is 13.6. The fourth-order valence-corrected chi connectivity index (χ4v) is 5.97. The van der Waals surface area contributed by atoms with Crippen molar-refractivity contribution in [2.75, 3.05) is 4.90 Å². The fraction of sp³-hybridized carbons (Fsp3) is 0.0270. The minimum absolute atomic E-state index is 0.0660. The summed E-state index contributed by atoms with van der Waals surface area (Å²) in [4.78, 5) is 20.9. The Bertz CT molecular complexity index is 2330. The normalized spacial score (nSPS) is 11.5. The number of rotatable bonds is 4. The highest BCUT2D eigenvalue weighted by Gasteiger charge is 2.19. The zero-order valence-corrected chi connectivity index (χ0v) is 23.0. The van der Waals surface area contributed by atoms with E-state index in [4.69, 9.17) is 4.98 Å². The number of hydrogen-bond acceptors (Lipinski definition) is 3. The number of hydrogen-bond donors (Lipinski definition) is 0. The molecule has 0 saturated carbocycles. The molecule has 0 amide bonds. The number of nitrogens with zero attached hydrogens (tertiary/aromatic N) is 4. The lowest BCUT2D eigenvalue weighted by atomic mass is 10.1. The van der Waals surface area contributed by atoms with E-state index in [0.717, 1.165) is 33.8 Å². The second kappa shape index (κ2) is 9.46. The predicted octanol–water partition coefficient (Wildman–Crippen LogP) is 8.72. The molecule has 5 heteroatoms. The quantitative estimate of drug-likeness (QED) is 0.223. The molecule has 0 bridgehead atoms. The number of fused-ring (bicyclic) bond motifs is 5. The van der Waals surface area contributed by atoms with Gasteiger partial charge in [-0.25, -0.2) is 9.38 Å². The third-order valence-corrected chi connectivity index (χ3v) is 7.99. The molecule has 8 rings (SSSR count). The van der Waals surface area contributed by atoms with Crippen LogP contribution in [0.1, 0.15) is 5.56 Å². The predicted molar refractivity (Wildman–Crippen MR) is 173 cm³/mol. The van der Waals surface area contributed by atoms with Crippen LogP contribution in [0.3, 0.4) is 0 Å². The topological polar surface area (TPSA) is 42.5 Å². The first-order valence-electron chi connectivity index (χ1n) is 14.0. The lowest BCUT2D eigenvalue weighted by Crippen LogP contribution is -2.15. The van der Waals surface area contributed by atoms with Crippen LogP contribution in [0.4, 0.5) is 17.1 Å². The van der Waals surface area contributed by atoms with Crippen LogP contribution in [-0.2, 0) is 0 Å². The molecule has 0 aliphatic heterocycles. The van der Waals surface area contributed by atoms with Crippen molar-refractivity contribution < 1.29 is 0 Å². The van der Waals surface area contributed by atoms with Crippen LogP contribution in [0.2, 0.25) is 0 Å². The highest BCUT2D eigenvalue weighted by atomic mass is 16.1. The minimum atomic E-state index is -0.0660. The van der Waals surface area contributed by atoms with Crippen LogP contribution in [0.5, 0.6) is 0 Å². The first-order chi connectivity index (χ1) is 20.7. The highest BCUT2D eigenvalue weighted by molar-refractivity contribution is 5.99.